The molecule has 2 aromatic rings. The Hall–Kier alpha value is -1.55. The van der Waals surface area contributed by atoms with Crippen molar-refractivity contribution in [2.45, 2.75) is 32.5 Å². The largest absolute Gasteiger partial charge is 0.352 e. The minimum atomic E-state index is 0.162. The normalized spacial score (nSPS) is 12.9. The molecule has 2 heterocycles. The van der Waals surface area contributed by atoms with Crippen molar-refractivity contribution in [3.63, 3.8) is 0 Å². The summed E-state index contributed by atoms with van der Waals surface area (Å²) in [5.41, 5.74) is 7.19. The molecule has 0 aromatic carbocycles. The fourth-order valence-electron chi connectivity index (χ4n) is 1.70. The van der Waals surface area contributed by atoms with Crippen LogP contribution in [-0.2, 0) is 13.1 Å². The molecule has 2 rings (SSSR count). The van der Waals surface area contributed by atoms with Gasteiger partial charge in [0.1, 0.15) is 0 Å². The molecule has 0 radical (unpaired) electrons. The minimum absolute atomic E-state index is 0.162. The second-order valence-corrected chi connectivity index (χ2v) is 4.00. The van der Waals surface area contributed by atoms with E-state index < -0.39 is 0 Å². The predicted octanol–water partition coefficient (Wildman–Crippen LogP) is 1.79. The molecule has 0 bridgehead atoms. The van der Waals surface area contributed by atoms with Crippen molar-refractivity contribution in [3.8, 4) is 0 Å². The molecule has 0 aliphatic heterocycles. The summed E-state index contributed by atoms with van der Waals surface area (Å²) in [5, 5.41) is 0. The topological polar surface area (TPSA) is 48.8 Å². The molecule has 0 aliphatic carbocycles. The molecule has 16 heavy (non-hydrogen) atoms. The van der Waals surface area contributed by atoms with E-state index in [1.165, 1.54) is 5.56 Å². The quantitative estimate of drug-likeness (QED) is 0.831. The average molecular weight is 218 g/mol. The molecule has 0 amide bonds. The SMILES string of the molecule is CCC(N)c1ccn(CCn2ccnc2)c1. The number of imidazole rings is 1. The van der Waals surface area contributed by atoms with Crippen LogP contribution in [0.15, 0.2) is 37.2 Å². The molecule has 0 spiro atoms. The standard InChI is InChI=1S/C12H18N4/c1-2-12(13)11-3-5-15(9-11)7-8-16-6-4-14-10-16/h3-6,9-10,12H,2,7-8,13H2,1H3. The van der Waals surface area contributed by atoms with E-state index in [0.29, 0.717) is 0 Å². The first-order valence-electron chi connectivity index (χ1n) is 5.66. The van der Waals surface area contributed by atoms with Crippen LogP contribution in [0.3, 0.4) is 0 Å². The fourth-order valence-corrected chi connectivity index (χ4v) is 1.70. The Morgan fingerprint density at radius 1 is 1.31 bits per heavy atom. The molecule has 4 nitrogen and oxygen atoms in total. The first-order valence-corrected chi connectivity index (χ1v) is 5.66. The summed E-state index contributed by atoms with van der Waals surface area (Å²) in [6, 6.07) is 2.26. The Kier molecular flexibility index (Phi) is 3.41. The molecule has 0 fully saturated rings. The summed E-state index contributed by atoms with van der Waals surface area (Å²) in [4.78, 5) is 4.01. The second-order valence-electron chi connectivity index (χ2n) is 4.00. The van der Waals surface area contributed by atoms with E-state index in [-0.39, 0.29) is 6.04 Å². The highest BCUT2D eigenvalue weighted by molar-refractivity contribution is 5.14. The van der Waals surface area contributed by atoms with Gasteiger partial charge in [-0.15, -0.1) is 0 Å². The van der Waals surface area contributed by atoms with Gasteiger partial charge in [0.25, 0.3) is 0 Å². The Morgan fingerprint density at radius 2 is 2.12 bits per heavy atom. The van der Waals surface area contributed by atoms with Gasteiger partial charge in [-0.2, -0.15) is 0 Å². The van der Waals surface area contributed by atoms with Crippen molar-refractivity contribution in [1.82, 2.24) is 14.1 Å². The molecular formula is C12H18N4. The molecular weight excluding hydrogens is 200 g/mol. The number of aromatic nitrogens is 3. The van der Waals surface area contributed by atoms with Gasteiger partial charge in [0.15, 0.2) is 0 Å². The van der Waals surface area contributed by atoms with Crippen molar-refractivity contribution in [2.75, 3.05) is 0 Å². The van der Waals surface area contributed by atoms with Gasteiger partial charge in [0, 0.05) is 43.9 Å². The summed E-state index contributed by atoms with van der Waals surface area (Å²) >= 11 is 0. The number of nitrogens with two attached hydrogens (primary N) is 1. The maximum absolute atomic E-state index is 5.97. The van der Waals surface area contributed by atoms with Crippen molar-refractivity contribution < 1.29 is 0 Å². The van der Waals surface area contributed by atoms with Crippen LogP contribution in [0, 0.1) is 0 Å². The predicted molar refractivity (Wildman–Crippen MR) is 63.9 cm³/mol. The maximum atomic E-state index is 5.97. The Labute approximate surface area is 95.7 Å². The first-order chi connectivity index (χ1) is 7.79. The lowest BCUT2D eigenvalue weighted by molar-refractivity contribution is 0.577. The highest BCUT2D eigenvalue weighted by Gasteiger charge is 2.04. The average Bonchev–Trinajstić information content (AvgIpc) is 2.96. The molecule has 4 heteroatoms. The lowest BCUT2D eigenvalue weighted by Gasteiger charge is -2.06. The third kappa shape index (κ3) is 2.52. The van der Waals surface area contributed by atoms with Crippen LogP contribution in [0.2, 0.25) is 0 Å². The molecule has 86 valence electrons. The zero-order valence-electron chi connectivity index (χ0n) is 9.58. The van der Waals surface area contributed by atoms with Gasteiger partial charge in [0.2, 0.25) is 0 Å². The highest BCUT2D eigenvalue weighted by Crippen LogP contribution is 2.13. The maximum Gasteiger partial charge on any atom is 0.0946 e. The van der Waals surface area contributed by atoms with E-state index in [1.54, 1.807) is 6.20 Å². The van der Waals surface area contributed by atoms with Crippen LogP contribution in [0.4, 0.5) is 0 Å². The third-order valence-corrected chi connectivity index (χ3v) is 2.82. The molecule has 2 N–H and O–H groups in total. The van der Waals surface area contributed by atoms with Gasteiger partial charge in [0.05, 0.1) is 6.33 Å². The highest BCUT2D eigenvalue weighted by atomic mass is 15.1. The zero-order chi connectivity index (χ0) is 11.4. The Balaban J connectivity index is 1.93. The summed E-state index contributed by atoms with van der Waals surface area (Å²) < 4.78 is 4.24. The van der Waals surface area contributed by atoms with Gasteiger partial charge in [-0.3, -0.25) is 0 Å². The number of hydrogen-bond acceptors (Lipinski definition) is 2. The Bertz CT molecular complexity index is 416. The van der Waals surface area contributed by atoms with Crippen molar-refractivity contribution in [2.24, 2.45) is 5.73 Å². The number of hydrogen-bond donors (Lipinski definition) is 1. The molecule has 1 atom stereocenters. The van der Waals surface area contributed by atoms with Gasteiger partial charge in [-0.25, -0.2) is 4.98 Å². The molecule has 2 aromatic heterocycles. The summed E-state index contributed by atoms with van der Waals surface area (Å²) in [6.45, 7) is 4.00. The molecule has 0 saturated heterocycles. The molecule has 0 saturated carbocycles. The van der Waals surface area contributed by atoms with Crippen LogP contribution >= 0.6 is 0 Å². The van der Waals surface area contributed by atoms with Crippen molar-refractivity contribution in [1.29, 1.82) is 0 Å². The van der Waals surface area contributed by atoms with Crippen molar-refractivity contribution >= 4 is 0 Å². The van der Waals surface area contributed by atoms with Crippen molar-refractivity contribution in [3.05, 3.63) is 42.7 Å². The van der Waals surface area contributed by atoms with Gasteiger partial charge in [-0.1, -0.05) is 6.92 Å². The summed E-state index contributed by atoms with van der Waals surface area (Å²) in [6.07, 6.45) is 10.8. The van der Waals surface area contributed by atoms with Crippen LogP contribution < -0.4 is 5.73 Å². The fraction of sp³-hybridized carbons (Fsp3) is 0.417. The van der Waals surface area contributed by atoms with E-state index in [9.17, 15) is 0 Å². The first kappa shape index (κ1) is 11.0. The van der Waals surface area contributed by atoms with Crippen LogP contribution in [0.25, 0.3) is 0 Å². The molecule has 1 unspecified atom stereocenters. The van der Waals surface area contributed by atoms with E-state index in [4.69, 9.17) is 5.73 Å². The third-order valence-electron chi connectivity index (χ3n) is 2.82. The minimum Gasteiger partial charge on any atom is -0.352 e. The zero-order valence-corrected chi connectivity index (χ0v) is 9.58. The number of rotatable bonds is 5. The molecule has 0 aliphatic rings. The smallest absolute Gasteiger partial charge is 0.0946 e. The van der Waals surface area contributed by atoms with Gasteiger partial charge in [-0.05, 0) is 18.1 Å². The van der Waals surface area contributed by atoms with E-state index in [2.05, 4.69) is 39.5 Å². The van der Waals surface area contributed by atoms with E-state index in [0.717, 1.165) is 19.5 Å². The van der Waals surface area contributed by atoms with Gasteiger partial charge >= 0.3 is 0 Å². The van der Waals surface area contributed by atoms with Crippen LogP contribution in [0.1, 0.15) is 24.9 Å². The van der Waals surface area contributed by atoms with Crippen LogP contribution in [-0.4, -0.2) is 14.1 Å². The lowest BCUT2D eigenvalue weighted by atomic mass is 10.1. The number of aryl methyl sites for hydroxylation is 2. The Morgan fingerprint density at radius 3 is 2.81 bits per heavy atom. The monoisotopic (exact) mass is 218 g/mol. The summed E-state index contributed by atoms with van der Waals surface area (Å²) in [7, 11) is 0. The van der Waals surface area contributed by atoms with E-state index >= 15 is 0 Å². The van der Waals surface area contributed by atoms with E-state index in [1.807, 2.05) is 12.5 Å². The second kappa shape index (κ2) is 4.99. The number of nitrogens with zero attached hydrogens (tertiary/aromatic N) is 3. The van der Waals surface area contributed by atoms with Crippen LogP contribution in [0.5, 0.6) is 0 Å². The van der Waals surface area contributed by atoms with Gasteiger partial charge < -0.3 is 14.9 Å². The summed E-state index contributed by atoms with van der Waals surface area (Å²) in [5.74, 6) is 0. The lowest BCUT2D eigenvalue weighted by Crippen LogP contribution is -2.08.